The molecule has 0 aromatic heterocycles. The largest absolute Gasteiger partial charge is 0.490 e. The number of ether oxygens (including phenoxy) is 1. The van der Waals surface area contributed by atoms with Crippen molar-refractivity contribution >= 4 is 15.9 Å². The maximum absolute atomic E-state index is 9.95. The Morgan fingerprint density at radius 2 is 2.06 bits per heavy atom. The summed E-state index contributed by atoms with van der Waals surface area (Å²) in [5.74, 6) is 0.775. The van der Waals surface area contributed by atoms with Gasteiger partial charge in [-0.1, -0.05) is 12.1 Å². The first-order valence-corrected chi connectivity index (χ1v) is 7.03. The number of halogens is 1. The van der Waals surface area contributed by atoms with E-state index < -0.39 is 6.10 Å². The highest BCUT2D eigenvalue weighted by Crippen LogP contribution is 2.23. The second kappa shape index (κ2) is 7.09. The van der Waals surface area contributed by atoms with Crippen LogP contribution in [-0.4, -0.2) is 55.4 Å². The van der Waals surface area contributed by atoms with Crippen molar-refractivity contribution in [3.63, 3.8) is 0 Å². The van der Waals surface area contributed by atoms with E-state index in [1.54, 1.807) is 0 Å². The van der Waals surface area contributed by atoms with Gasteiger partial charge >= 0.3 is 0 Å². The van der Waals surface area contributed by atoms with E-state index in [1.807, 2.05) is 24.3 Å². The molecular formula is C13H19BrN2O2. The van der Waals surface area contributed by atoms with Gasteiger partial charge in [0.1, 0.15) is 18.5 Å². The van der Waals surface area contributed by atoms with Crippen molar-refractivity contribution in [1.82, 2.24) is 10.2 Å². The molecule has 1 atom stereocenters. The second-order valence-electron chi connectivity index (χ2n) is 4.45. The van der Waals surface area contributed by atoms with Crippen molar-refractivity contribution in [3.05, 3.63) is 28.7 Å². The summed E-state index contributed by atoms with van der Waals surface area (Å²) in [5.41, 5.74) is 0. The van der Waals surface area contributed by atoms with Crippen molar-refractivity contribution in [3.8, 4) is 5.75 Å². The van der Waals surface area contributed by atoms with Crippen LogP contribution in [0.5, 0.6) is 5.75 Å². The Morgan fingerprint density at radius 3 is 2.78 bits per heavy atom. The van der Waals surface area contributed by atoms with Crippen LogP contribution in [0.3, 0.4) is 0 Å². The zero-order chi connectivity index (χ0) is 12.8. The lowest BCUT2D eigenvalue weighted by molar-refractivity contribution is 0.0639. The lowest BCUT2D eigenvalue weighted by Gasteiger charge is -2.29. The van der Waals surface area contributed by atoms with E-state index in [-0.39, 0.29) is 0 Å². The molecule has 0 saturated carbocycles. The monoisotopic (exact) mass is 314 g/mol. The molecule has 0 radical (unpaired) electrons. The number of para-hydroxylation sites is 1. The van der Waals surface area contributed by atoms with Gasteiger partial charge in [-0.2, -0.15) is 0 Å². The van der Waals surface area contributed by atoms with Crippen molar-refractivity contribution in [2.24, 2.45) is 0 Å². The number of aliphatic hydroxyl groups is 1. The van der Waals surface area contributed by atoms with Gasteiger partial charge in [-0.15, -0.1) is 0 Å². The molecule has 4 nitrogen and oxygen atoms in total. The van der Waals surface area contributed by atoms with Crippen LogP contribution >= 0.6 is 15.9 Å². The SMILES string of the molecule is O[C@@H](COc1ccccc1Br)CN1CCNCC1. The van der Waals surface area contributed by atoms with E-state index in [0.29, 0.717) is 13.2 Å². The minimum absolute atomic E-state index is 0.326. The topological polar surface area (TPSA) is 44.7 Å². The molecule has 0 aliphatic carbocycles. The number of β-amino-alcohol motifs (C(OH)–C–C–N with tert-alkyl or cyclic N) is 1. The standard InChI is InChI=1S/C13H19BrN2O2/c14-12-3-1-2-4-13(12)18-10-11(17)9-16-7-5-15-6-8-16/h1-4,11,15,17H,5-10H2/t11-/m1/s1. The van der Waals surface area contributed by atoms with Gasteiger partial charge in [0.05, 0.1) is 4.47 Å². The molecule has 0 spiro atoms. The van der Waals surface area contributed by atoms with Gasteiger partial charge < -0.3 is 15.2 Å². The Morgan fingerprint density at radius 1 is 1.33 bits per heavy atom. The molecule has 18 heavy (non-hydrogen) atoms. The predicted octanol–water partition coefficient (Wildman–Crippen LogP) is 1.09. The van der Waals surface area contributed by atoms with E-state index >= 15 is 0 Å². The summed E-state index contributed by atoms with van der Waals surface area (Å²) in [6, 6.07) is 7.68. The Kier molecular flexibility index (Phi) is 5.44. The van der Waals surface area contributed by atoms with Crippen LogP contribution in [0.15, 0.2) is 28.7 Å². The number of hydrogen-bond donors (Lipinski definition) is 2. The smallest absolute Gasteiger partial charge is 0.133 e. The average molecular weight is 315 g/mol. The van der Waals surface area contributed by atoms with Gasteiger partial charge in [-0.3, -0.25) is 4.90 Å². The third-order valence-electron chi connectivity index (χ3n) is 2.95. The van der Waals surface area contributed by atoms with E-state index in [2.05, 4.69) is 26.1 Å². The van der Waals surface area contributed by atoms with Gasteiger partial charge in [-0.05, 0) is 28.1 Å². The highest BCUT2D eigenvalue weighted by molar-refractivity contribution is 9.10. The summed E-state index contributed by atoms with van der Waals surface area (Å²) >= 11 is 3.42. The van der Waals surface area contributed by atoms with Gasteiger partial charge in [0.25, 0.3) is 0 Å². The maximum atomic E-state index is 9.95. The van der Waals surface area contributed by atoms with Gasteiger partial charge in [-0.25, -0.2) is 0 Å². The maximum Gasteiger partial charge on any atom is 0.133 e. The fraction of sp³-hybridized carbons (Fsp3) is 0.538. The summed E-state index contributed by atoms with van der Waals surface area (Å²) in [6.07, 6.45) is -0.449. The molecular weight excluding hydrogens is 296 g/mol. The van der Waals surface area contributed by atoms with Crippen molar-refractivity contribution in [2.45, 2.75) is 6.10 Å². The van der Waals surface area contributed by atoms with Crippen LogP contribution in [-0.2, 0) is 0 Å². The third kappa shape index (κ3) is 4.24. The van der Waals surface area contributed by atoms with Crippen LogP contribution in [0.2, 0.25) is 0 Å². The second-order valence-corrected chi connectivity index (χ2v) is 5.30. The van der Waals surface area contributed by atoms with E-state index in [4.69, 9.17) is 4.74 Å². The molecule has 0 amide bonds. The molecule has 0 bridgehead atoms. The average Bonchev–Trinajstić information content (AvgIpc) is 2.39. The lowest BCUT2D eigenvalue weighted by atomic mass is 10.3. The number of nitrogens with zero attached hydrogens (tertiary/aromatic N) is 1. The first-order valence-electron chi connectivity index (χ1n) is 6.24. The summed E-state index contributed by atoms with van der Waals surface area (Å²) in [6.45, 7) is 4.98. The molecule has 1 fully saturated rings. The van der Waals surface area contributed by atoms with Gasteiger partial charge in [0.15, 0.2) is 0 Å². The van der Waals surface area contributed by atoms with Crippen LogP contribution < -0.4 is 10.1 Å². The summed E-state index contributed by atoms with van der Waals surface area (Å²) in [4.78, 5) is 2.25. The molecule has 5 heteroatoms. The van der Waals surface area contributed by atoms with Crippen LogP contribution in [0.25, 0.3) is 0 Å². The molecule has 1 heterocycles. The number of aliphatic hydroxyl groups excluding tert-OH is 1. The predicted molar refractivity (Wildman–Crippen MR) is 75.0 cm³/mol. The number of piperazine rings is 1. The fourth-order valence-corrected chi connectivity index (χ4v) is 2.39. The minimum atomic E-state index is -0.449. The number of benzene rings is 1. The Balaban J connectivity index is 1.74. The minimum Gasteiger partial charge on any atom is -0.490 e. The van der Waals surface area contributed by atoms with E-state index in [9.17, 15) is 5.11 Å². The highest BCUT2D eigenvalue weighted by atomic mass is 79.9. The Hall–Kier alpha value is -0.620. The zero-order valence-corrected chi connectivity index (χ0v) is 11.9. The van der Waals surface area contributed by atoms with Crippen LogP contribution in [0, 0.1) is 0 Å². The van der Waals surface area contributed by atoms with Crippen molar-refractivity contribution < 1.29 is 9.84 Å². The Bertz CT molecular complexity index is 370. The molecule has 1 aromatic rings. The fourth-order valence-electron chi connectivity index (χ4n) is 1.99. The first kappa shape index (κ1) is 13.8. The Labute approximate surface area is 116 Å². The summed E-state index contributed by atoms with van der Waals surface area (Å²) in [7, 11) is 0. The summed E-state index contributed by atoms with van der Waals surface area (Å²) in [5, 5.41) is 13.2. The van der Waals surface area contributed by atoms with E-state index in [1.165, 1.54) is 0 Å². The normalized spacial score (nSPS) is 18.6. The third-order valence-corrected chi connectivity index (χ3v) is 3.60. The molecule has 2 N–H and O–H groups in total. The van der Waals surface area contributed by atoms with Gasteiger partial charge in [0.2, 0.25) is 0 Å². The molecule has 1 aliphatic rings. The summed E-state index contributed by atoms with van der Waals surface area (Å²) < 4.78 is 6.52. The zero-order valence-electron chi connectivity index (χ0n) is 10.3. The molecule has 1 aliphatic heterocycles. The molecule has 1 aromatic carbocycles. The van der Waals surface area contributed by atoms with Crippen LogP contribution in [0.4, 0.5) is 0 Å². The van der Waals surface area contributed by atoms with E-state index in [0.717, 1.165) is 36.4 Å². The van der Waals surface area contributed by atoms with Crippen LogP contribution in [0.1, 0.15) is 0 Å². The first-order chi connectivity index (χ1) is 8.75. The number of rotatable bonds is 5. The molecule has 100 valence electrons. The number of nitrogens with one attached hydrogen (secondary N) is 1. The molecule has 1 saturated heterocycles. The quantitative estimate of drug-likeness (QED) is 0.854. The molecule has 2 rings (SSSR count). The van der Waals surface area contributed by atoms with Crippen molar-refractivity contribution in [2.75, 3.05) is 39.3 Å². The van der Waals surface area contributed by atoms with Crippen molar-refractivity contribution in [1.29, 1.82) is 0 Å². The highest BCUT2D eigenvalue weighted by Gasteiger charge is 2.14. The molecule has 0 unspecified atom stereocenters. The lowest BCUT2D eigenvalue weighted by Crippen LogP contribution is -2.47. The van der Waals surface area contributed by atoms with Gasteiger partial charge in [0, 0.05) is 32.7 Å². The number of hydrogen-bond acceptors (Lipinski definition) is 4.